The monoisotopic (exact) mass is 112 g/mol. The van der Waals surface area contributed by atoms with Crippen molar-refractivity contribution in [3.05, 3.63) is 0 Å². The Labute approximate surface area is 50.0 Å². The molecule has 0 spiro atoms. The molecule has 1 heteroatoms. The lowest BCUT2D eigenvalue weighted by atomic mass is 10.1. The van der Waals surface area contributed by atoms with E-state index in [2.05, 4.69) is 6.92 Å². The predicted octanol–water partition coefficient (Wildman–Crippen LogP) is 1.43. The number of ether oxygens (including phenoxy) is 1. The summed E-state index contributed by atoms with van der Waals surface area (Å²) in [4.78, 5) is 0. The Hall–Kier alpha value is -0.0400. The van der Waals surface area contributed by atoms with Crippen molar-refractivity contribution in [2.45, 2.75) is 25.9 Å². The molecule has 0 N–H and O–H groups in total. The fourth-order valence-corrected chi connectivity index (χ4v) is 1.71. The maximum atomic E-state index is 5.43. The van der Waals surface area contributed by atoms with Crippen LogP contribution in [0.4, 0.5) is 0 Å². The van der Waals surface area contributed by atoms with E-state index < -0.39 is 0 Å². The van der Waals surface area contributed by atoms with Gasteiger partial charge >= 0.3 is 0 Å². The first-order chi connectivity index (χ1) is 3.88. The van der Waals surface area contributed by atoms with Crippen LogP contribution in [0.5, 0.6) is 0 Å². The second kappa shape index (κ2) is 1.47. The second-order valence-electron chi connectivity index (χ2n) is 3.02. The van der Waals surface area contributed by atoms with Gasteiger partial charge in [-0.15, -0.1) is 0 Å². The average Bonchev–Trinajstić information content (AvgIpc) is 2.45. The third kappa shape index (κ3) is 0.576. The zero-order chi connectivity index (χ0) is 5.56. The molecular formula is C7H12O. The summed E-state index contributed by atoms with van der Waals surface area (Å²) in [6.45, 7) is 3.21. The molecule has 0 radical (unpaired) electrons. The highest BCUT2D eigenvalue weighted by molar-refractivity contribution is 4.92. The van der Waals surface area contributed by atoms with Gasteiger partial charge in [-0.25, -0.2) is 0 Å². The van der Waals surface area contributed by atoms with Crippen molar-refractivity contribution in [2.24, 2.45) is 11.8 Å². The molecule has 2 unspecified atom stereocenters. The van der Waals surface area contributed by atoms with Gasteiger partial charge < -0.3 is 4.74 Å². The highest BCUT2D eigenvalue weighted by Gasteiger charge is 2.43. The Balaban J connectivity index is 1.99. The van der Waals surface area contributed by atoms with Gasteiger partial charge in [0.05, 0.1) is 6.10 Å². The zero-order valence-electron chi connectivity index (χ0n) is 5.26. The molecule has 1 aliphatic heterocycles. The molecule has 46 valence electrons. The van der Waals surface area contributed by atoms with E-state index in [1.807, 2.05) is 0 Å². The van der Waals surface area contributed by atoms with Crippen LogP contribution < -0.4 is 0 Å². The van der Waals surface area contributed by atoms with Gasteiger partial charge in [0.2, 0.25) is 0 Å². The van der Waals surface area contributed by atoms with Crippen LogP contribution in [0.25, 0.3) is 0 Å². The first-order valence-electron chi connectivity index (χ1n) is 3.49. The van der Waals surface area contributed by atoms with Gasteiger partial charge in [0.25, 0.3) is 0 Å². The summed E-state index contributed by atoms with van der Waals surface area (Å²) in [7, 11) is 0. The van der Waals surface area contributed by atoms with E-state index in [9.17, 15) is 0 Å². The number of hydrogen-bond donors (Lipinski definition) is 0. The van der Waals surface area contributed by atoms with Gasteiger partial charge in [-0.3, -0.25) is 0 Å². The largest absolute Gasteiger partial charge is 0.378 e. The minimum atomic E-state index is 0.578. The first kappa shape index (κ1) is 4.80. The molecule has 2 rings (SSSR count). The highest BCUT2D eigenvalue weighted by atomic mass is 16.5. The molecule has 1 saturated heterocycles. The molecule has 3 atom stereocenters. The van der Waals surface area contributed by atoms with Gasteiger partial charge in [0.15, 0.2) is 0 Å². The SMILES string of the molecule is CC1OCC[C@H]2CC12. The smallest absolute Gasteiger partial charge is 0.0577 e. The number of fused-ring (bicyclic) bond motifs is 1. The van der Waals surface area contributed by atoms with Crippen LogP contribution in [-0.4, -0.2) is 12.7 Å². The normalized spacial score (nSPS) is 52.9. The Morgan fingerprint density at radius 3 is 3.00 bits per heavy atom. The topological polar surface area (TPSA) is 9.23 Å². The highest BCUT2D eigenvalue weighted by Crippen LogP contribution is 2.47. The van der Waals surface area contributed by atoms with E-state index in [1.54, 1.807) is 0 Å². The van der Waals surface area contributed by atoms with E-state index in [1.165, 1.54) is 12.8 Å². The molecule has 1 aliphatic carbocycles. The molecule has 0 aromatic rings. The Morgan fingerprint density at radius 2 is 2.38 bits per heavy atom. The molecule has 1 heterocycles. The van der Waals surface area contributed by atoms with E-state index in [0.717, 1.165) is 18.4 Å². The van der Waals surface area contributed by atoms with Gasteiger partial charge in [-0.05, 0) is 31.6 Å². The molecule has 0 aromatic carbocycles. The Kier molecular flexibility index (Phi) is 0.884. The third-order valence-electron chi connectivity index (χ3n) is 2.45. The second-order valence-corrected chi connectivity index (χ2v) is 3.02. The summed E-state index contributed by atoms with van der Waals surface area (Å²) in [6.07, 6.45) is 3.35. The summed E-state index contributed by atoms with van der Waals surface area (Å²) in [6, 6.07) is 0. The van der Waals surface area contributed by atoms with Crippen molar-refractivity contribution in [1.29, 1.82) is 0 Å². The van der Waals surface area contributed by atoms with Crippen LogP contribution in [0.15, 0.2) is 0 Å². The molecule has 0 aromatic heterocycles. The Morgan fingerprint density at radius 1 is 1.50 bits per heavy atom. The van der Waals surface area contributed by atoms with Crippen molar-refractivity contribution in [2.75, 3.05) is 6.61 Å². The lowest BCUT2D eigenvalue weighted by molar-refractivity contribution is 0.0195. The van der Waals surface area contributed by atoms with Crippen molar-refractivity contribution in [3.63, 3.8) is 0 Å². The van der Waals surface area contributed by atoms with E-state index >= 15 is 0 Å². The zero-order valence-corrected chi connectivity index (χ0v) is 5.26. The molecule has 0 amide bonds. The van der Waals surface area contributed by atoms with Gasteiger partial charge in [0, 0.05) is 6.61 Å². The summed E-state index contributed by atoms with van der Waals surface area (Å²) >= 11 is 0. The summed E-state index contributed by atoms with van der Waals surface area (Å²) < 4.78 is 5.43. The van der Waals surface area contributed by atoms with E-state index in [4.69, 9.17) is 4.74 Å². The average molecular weight is 112 g/mol. The van der Waals surface area contributed by atoms with Gasteiger partial charge in [-0.1, -0.05) is 0 Å². The van der Waals surface area contributed by atoms with Crippen LogP contribution in [0.1, 0.15) is 19.8 Å². The number of hydrogen-bond acceptors (Lipinski definition) is 1. The predicted molar refractivity (Wildman–Crippen MR) is 31.6 cm³/mol. The number of rotatable bonds is 0. The first-order valence-corrected chi connectivity index (χ1v) is 3.49. The standard InChI is InChI=1S/C7H12O/c1-5-7-4-6(7)2-3-8-5/h5-7H,2-4H2,1H3/t5?,6-,7?/m0/s1. The van der Waals surface area contributed by atoms with Crippen molar-refractivity contribution >= 4 is 0 Å². The fourth-order valence-electron chi connectivity index (χ4n) is 1.71. The maximum absolute atomic E-state index is 5.43. The lowest BCUT2D eigenvalue weighted by Gasteiger charge is -2.17. The van der Waals surface area contributed by atoms with Crippen molar-refractivity contribution in [3.8, 4) is 0 Å². The van der Waals surface area contributed by atoms with Crippen LogP contribution in [0, 0.1) is 11.8 Å². The minimum Gasteiger partial charge on any atom is -0.378 e. The van der Waals surface area contributed by atoms with Crippen LogP contribution >= 0.6 is 0 Å². The molecule has 1 saturated carbocycles. The molecule has 2 aliphatic rings. The van der Waals surface area contributed by atoms with E-state index in [-0.39, 0.29) is 0 Å². The van der Waals surface area contributed by atoms with Gasteiger partial charge in [0.1, 0.15) is 0 Å². The fraction of sp³-hybridized carbons (Fsp3) is 1.00. The van der Waals surface area contributed by atoms with Crippen molar-refractivity contribution in [1.82, 2.24) is 0 Å². The molecule has 8 heavy (non-hydrogen) atoms. The quantitative estimate of drug-likeness (QED) is 0.460. The summed E-state index contributed by atoms with van der Waals surface area (Å²) in [5, 5.41) is 0. The third-order valence-corrected chi connectivity index (χ3v) is 2.45. The maximum Gasteiger partial charge on any atom is 0.0577 e. The van der Waals surface area contributed by atoms with Gasteiger partial charge in [-0.2, -0.15) is 0 Å². The molecule has 1 nitrogen and oxygen atoms in total. The van der Waals surface area contributed by atoms with Crippen molar-refractivity contribution < 1.29 is 4.74 Å². The van der Waals surface area contributed by atoms with Crippen LogP contribution in [-0.2, 0) is 4.74 Å². The summed E-state index contributed by atoms with van der Waals surface area (Å²) in [5.41, 5.74) is 0. The van der Waals surface area contributed by atoms with Crippen LogP contribution in [0.2, 0.25) is 0 Å². The van der Waals surface area contributed by atoms with E-state index in [0.29, 0.717) is 6.10 Å². The molecule has 0 bridgehead atoms. The Bertz CT molecular complexity index is 101. The molecular weight excluding hydrogens is 100 g/mol. The van der Waals surface area contributed by atoms with Crippen LogP contribution in [0.3, 0.4) is 0 Å². The summed E-state index contributed by atoms with van der Waals surface area (Å²) in [5.74, 6) is 2.00. The minimum absolute atomic E-state index is 0.578. The molecule has 2 fully saturated rings. The lowest BCUT2D eigenvalue weighted by Crippen LogP contribution is -2.17.